The molecule has 5 atom stereocenters. The van der Waals surface area contributed by atoms with Crippen molar-refractivity contribution in [1.82, 2.24) is 20.2 Å². The van der Waals surface area contributed by atoms with E-state index in [0.29, 0.717) is 25.2 Å². The number of fused-ring (bicyclic) bond motifs is 3. The number of alkyl halides is 1. The van der Waals surface area contributed by atoms with Crippen molar-refractivity contribution in [3.05, 3.63) is 53.7 Å². The van der Waals surface area contributed by atoms with Gasteiger partial charge in [0.25, 0.3) is 5.91 Å². The maximum absolute atomic E-state index is 14.7. The van der Waals surface area contributed by atoms with E-state index in [1.54, 1.807) is 31.2 Å². The number of cyclic esters (lactones) is 1. The Bertz CT molecular complexity index is 1120. The molecule has 0 spiro atoms. The Labute approximate surface area is 229 Å². The number of amides is 2. The van der Waals surface area contributed by atoms with Gasteiger partial charge in [0, 0.05) is 31.8 Å². The fraction of sp³-hybridized carbons (Fsp3) is 0.586. The Morgan fingerprint density at radius 2 is 1.95 bits per heavy atom. The molecule has 2 aliphatic heterocycles. The molecule has 0 radical (unpaired) electrons. The molecule has 1 saturated heterocycles. The highest BCUT2D eigenvalue weighted by atomic mass is 19.1. The van der Waals surface area contributed by atoms with Crippen LogP contribution in [0, 0.1) is 11.3 Å². The van der Waals surface area contributed by atoms with Crippen molar-refractivity contribution < 1.29 is 28.6 Å². The third kappa shape index (κ3) is 8.61. The number of allylic oxidation sites excluding steroid dienone is 2. The molecule has 2 bridgehead atoms. The number of aromatic amines is 1. The number of rotatable bonds is 0. The number of carbonyl (C=O) groups is 3. The number of H-pyrrole nitrogens is 1. The lowest BCUT2D eigenvalue weighted by Gasteiger charge is -2.35. The van der Waals surface area contributed by atoms with Crippen molar-refractivity contribution >= 4 is 17.8 Å². The van der Waals surface area contributed by atoms with Gasteiger partial charge in [0.15, 0.2) is 0 Å². The molecule has 2 aliphatic rings. The first-order valence-corrected chi connectivity index (χ1v) is 13.5. The summed E-state index contributed by atoms with van der Waals surface area (Å²) in [4.78, 5) is 47.4. The number of carbonyl (C=O) groups excluding carboxylic acids is 3. The Kier molecular flexibility index (Phi) is 10.2. The maximum Gasteiger partial charge on any atom is 0.329 e. The summed E-state index contributed by atoms with van der Waals surface area (Å²) in [6.45, 7) is 10.2. The molecule has 3 N–H and O–H groups in total. The summed E-state index contributed by atoms with van der Waals surface area (Å²) in [6.07, 6.45) is 7.49. The first-order valence-electron chi connectivity index (χ1n) is 13.5. The Morgan fingerprint density at radius 1 is 1.21 bits per heavy atom. The van der Waals surface area contributed by atoms with Crippen LogP contribution < -0.4 is 5.32 Å². The molecule has 2 amide bonds. The van der Waals surface area contributed by atoms with E-state index in [4.69, 9.17) is 4.74 Å². The average Bonchev–Trinajstić information content (AvgIpc) is 3.51. The second-order valence-corrected chi connectivity index (χ2v) is 11.5. The van der Waals surface area contributed by atoms with Gasteiger partial charge >= 0.3 is 5.97 Å². The van der Waals surface area contributed by atoms with Crippen LogP contribution >= 0.6 is 0 Å². The highest BCUT2D eigenvalue weighted by Gasteiger charge is 2.40. The number of hydrogen-bond donors (Lipinski definition) is 3. The molecule has 3 heterocycles. The monoisotopic (exact) mass is 544 g/mol. The number of nitrogens with zero attached hydrogens (tertiary/aromatic N) is 2. The van der Waals surface area contributed by atoms with E-state index in [0.717, 1.165) is 5.57 Å². The van der Waals surface area contributed by atoms with Crippen molar-refractivity contribution in [1.29, 1.82) is 0 Å². The largest absolute Gasteiger partial charge is 0.460 e. The second kappa shape index (κ2) is 13.2. The van der Waals surface area contributed by atoms with Crippen LogP contribution in [0.4, 0.5) is 4.39 Å². The van der Waals surface area contributed by atoms with E-state index >= 15 is 0 Å². The van der Waals surface area contributed by atoms with Gasteiger partial charge in [-0.2, -0.15) is 0 Å². The van der Waals surface area contributed by atoms with Crippen molar-refractivity contribution in [2.75, 3.05) is 13.1 Å². The standard InChI is InChI=1S/C29H41FN4O5/c1-18-8-6-12-31-25(36)11-10-19(2)26(29(3,4)5)39-28(38)23-9-7-13-34(23)27(37)22-17-32-24(33-22)16-20(30)15-21(35)14-18/h6,8,10-11,14,17,19-21,23,26,35H,7,9,12-13,15-16H2,1-5H3,(H,31,36)(H,32,33)/b8-6?,11-10+,18-14?/t19-,20-,21-,23-,26+/m1/s1. The van der Waals surface area contributed by atoms with Crippen molar-refractivity contribution in [3.8, 4) is 0 Å². The molecule has 0 unspecified atom stereocenters. The molecule has 0 saturated carbocycles. The summed E-state index contributed by atoms with van der Waals surface area (Å²) in [5.74, 6) is -1.16. The summed E-state index contributed by atoms with van der Waals surface area (Å²) in [5, 5.41) is 13.0. The van der Waals surface area contributed by atoms with E-state index in [2.05, 4.69) is 15.3 Å². The van der Waals surface area contributed by atoms with Gasteiger partial charge in [-0.25, -0.2) is 14.2 Å². The minimum atomic E-state index is -1.39. The number of aliphatic hydroxyl groups excluding tert-OH is 1. The molecule has 9 nitrogen and oxygen atoms in total. The molecule has 0 aliphatic carbocycles. The van der Waals surface area contributed by atoms with Crippen LogP contribution in [0.1, 0.15) is 70.2 Å². The predicted octanol–water partition coefficient (Wildman–Crippen LogP) is 3.43. The molecule has 0 aromatic carbocycles. The van der Waals surface area contributed by atoms with Gasteiger partial charge in [0.05, 0.1) is 12.3 Å². The van der Waals surface area contributed by atoms with Gasteiger partial charge in [0.2, 0.25) is 5.91 Å². The fourth-order valence-electron chi connectivity index (χ4n) is 5.05. The van der Waals surface area contributed by atoms with Crippen LogP contribution in [0.3, 0.4) is 0 Å². The van der Waals surface area contributed by atoms with Gasteiger partial charge < -0.3 is 25.0 Å². The number of nitrogens with one attached hydrogen (secondary N) is 2. The van der Waals surface area contributed by atoms with Crippen LogP contribution in [0.15, 0.2) is 42.2 Å². The van der Waals surface area contributed by atoms with Crippen molar-refractivity contribution in [3.63, 3.8) is 0 Å². The minimum Gasteiger partial charge on any atom is -0.460 e. The first-order chi connectivity index (χ1) is 18.3. The maximum atomic E-state index is 14.7. The zero-order chi connectivity index (χ0) is 28.7. The van der Waals surface area contributed by atoms with E-state index < -0.39 is 41.7 Å². The number of ether oxygens (including phenoxy) is 1. The van der Waals surface area contributed by atoms with E-state index in [-0.39, 0.29) is 36.9 Å². The summed E-state index contributed by atoms with van der Waals surface area (Å²) < 4.78 is 20.7. The van der Waals surface area contributed by atoms with Gasteiger partial charge in [-0.1, -0.05) is 57.6 Å². The van der Waals surface area contributed by atoms with E-state index in [1.165, 1.54) is 17.2 Å². The fourth-order valence-corrected chi connectivity index (χ4v) is 5.05. The Morgan fingerprint density at radius 3 is 2.67 bits per heavy atom. The molecular weight excluding hydrogens is 503 g/mol. The van der Waals surface area contributed by atoms with Crippen LogP contribution in [-0.4, -0.2) is 75.3 Å². The second-order valence-electron chi connectivity index (χ2n) is 11.5. The van der Waals surface area contributed by atoms with Crippen LogP contribution in [-0.2, 0) is 20.7 Å². The molecule has 10 heteroatoms. The van der Waals surface area contributed by atoms with Gasteiger partial charge in [0.1, 0.15) is 29.8 Å². The molecule has 214 valence electrons. The zero-order valence-corrected chi connectivity index (χ0v) is 23.4. The summed E-state index contributed by atoms with van der Waals surface area (Å²) in [7, 11) is 0. The number of aliphatic hydroxyl groups is 1. The lowest BCUT2D eigenvalue weighted by molar-refractivity contribution is -0.162. The van der Waals surface area contributed by atoms with Crippen molar-refractivity contribution in [2.45, 2.75) is 84.7 Å². The Hall–Kier alpha value is -3.27. The summed E-state index contributed by atoms with van der Waals surface area (Å²) in [6, 6.07) is -0.749. The smallest absolute Gasteiger partial charge is 0.329 e. The summed E-state index contributed by atoms with van der Waals surface area (Å²) >= 11 is 0. The molecule has 1 aromatic heterocycles. The number of halogens is 1. The SMILES string of the molecule is CC1=C[C@@H](O)C[C@@H](F)Cc2ncc([nH]2)C(=O)N2CCC[C@@H]2C(=O)O[C@H](C(C)(C)C)[C@H](C)/C=C/C(=O)NCC=C1. The van der Waals surface area contributed by atoms with Crippen LogP contribution in [0.25, 0.3) is 0 Å². The molecular formula is C29H41FN4O5. The van der Waals surface area contributed by atoms with E-state index in [9.17, 15) is 23.9 Å². The number of aromatic nitrogens is 2. The first kappa shape index (κ1) is 30.3. The lowest BCUT2D eigenvalue weighted by atomic mass is 9.81. The third-order valence-electron chi connectivity index (χ3n) is 6.91. The van der Waals surface area contributed by atoms with E-state index in [1.807, 2.05) is 27.7 Å². The Balaban J connectivity index is 1.88. The van der Waals surface area contributed by atoms with Crippen LogP contribution in [0.2, 0.25) is 0 Å². The van der Waals surface area contributed by atoms with Crippen molar-refractivity contribution in [2.24, 2.45) is 11.3 Å². The number of esters is 1. The van der Waals surface area contributed by atoms with Gasteiger partial charge in [-0.3, -0.25) is 9.59 Å². The minimum absolute atomic E-state index is 0.0945. The van der Waals surface area contributed by atoms with Gasteiger partial charge in [-0.15, -0.1) is 0 Å². The van der Waals surface area contributed by atoms with Gasteiger partial charge in [-0.05, 0) is 31.3 Å². The van der Waals surface area contributed by atoms with Crippen LogP contribution in [0.5, 0.6) is 0 Å². The quantitative estimate of drug-likeness (QED) is 0.430. The topological polar surface area (TPSA) is 125 Å². The molecule has 39 heavy (non-hydrogen) atoms. The molecule has 1 aromatic rings. The highest BCUT2D eigenvalue weighted by molar-refractivity contribution is 5.95. The zero-order valence-electron chi connectivity index (χ0n) is 23.4. The summed E-state index contributed by atoms with van der Waals surface area (Å²) in [5.41, 5.74) is 0.479. The predicted molar refractivity (Wildman–Crippen MR) is 145 cm³/mol. The average molecular weight is 545 g/mol. The number of hydrogen-bond acceptors (Lipinski definition) is 6. The third-order valence-corrected chi connectivity index (χ3v) is 6.91. The molecule has 1 fully saturated rings. The lowest BCUT2D eigenvalue weighted by Crippen LogP contribution is -2.45. The highest BCUT2D eigenvalue weighted by Crippen LogP contribution is 2.31. The molecule has 3 rings (SSSR count). The number of imidazole rings is 1. The normalized spacial score (nSPS) is 29.3.